The highest BCUT2D eigenvalue weighted by molar-refractivity contribution is 7.99. The van der Waals surface area contributed by atoms with Crippen molar-refractivity contribution in [3.8, 4) is 0 Å². The summed E-state index contributed by atoms with van der Waals surface area (Å²) >= 11 is 1.20. The van der Waals surface area contributed by atoms with Gasteiger partial charge in [-0.2, -0.15) is 15.0 Å². The molecule has 9 nitrogen and oxygen atoms in total. The van der Waals surface area contributed by atoms with E-state index in [-0.39, 0.29) is 5.69 Å². The Morgan fingerprint density at radius 3 is 2.65 bits per heavy atom. The van der Waals surface area contributed by atoms with E-state index in [1.54, 1.807) is 11.9 Å². The SMILES string of the molecule is CCNc1nc(Sc2n[nH]c(=O)n2C)nc(N(C)C)n1. The number of nitrogens with one attached hydrogen (secondary N) is 2. The standard InChI is InChI=1S/C10H16N8OS/c1-5-11-6-12-7(17(2)3)14-8(13-6)20-10-16-15-9(19)18(10)4/h5H2,1-4H3,(H,15,19)(H,11,12,13,14). The summed E-state index contributed by atoms with van der Waals surface area (Å²) in [5, 5.41) is 10.3. The van der Waals surface area contributed by atoms with Gasteiger partial charge >= 0.3 is 5.69 Å². The zero-order chi connectivity index (χ0) is 14.7. The van der Waals surface area contributed by atoms with Gasteiger partial charge in [0.15, 0.2) is 5.16 Å². The Morgan fingerprint density at radius 2 is 2.10 bits per heavy atom. The van der Waals surface area contributed by atoms with Crippen LogP contribution in [0.1, 0.15) is 6.92 Å². The van der Waals surface area contributed by atoms with Crippen molar-refractivity contribution in [2.75, 3.05) is 30.9 Å². The van der Waals surface area contributed by atoms with Gasteiger partial charge in [0, 0.05) is 27.7 Å². The van der Waals surface area contributed by atoms with Gasteiger partial charge in [-0.1, -0.05) is 0 Å². The van der Waals surface area contributed by atoms with Crippen LogP contribution < -0.4 is 15.9 Å². The van der Waals surface area contributed by atoms with Gasteiger partial charge in [0.2, 0.25) is 17.1 Å². The molecule has 0 saturated heterocycles. The molecule has 0 aliphatic rings. The number of hydrogen-bond acceptors (Lipinski definition) is 8. The first-order chi connectivity index (χ1) is 9.51. The van der Waals surface area contributed by atoms with Gasteiger partial charge in [-0.25, -0.2) is 9.89 Å². The maximum absolute atomic E-state index is 11.3. The molecule has 20 heavy (non-hydrogen) atoms. The third kappa shape index (κ3) is 3.07. The molecule has 0 bridgehead atoms. The van der Waals surface area contributed by atoms with Crippen LogP contribution in [0.15, 0.2) is 15.1 Å². The molecule has 0 aliphatic heterocycles. The Kier molecular flexibility index (Phi) is 4.23. The molecule has 0 amide bonds. The van der Waals surface area contributed by atoms with Gasteiger partial charge in [0.05, 0.1) is 0 Å². The van der Waals surface area contributed by atoms with Crippen LogP contribution in [0.2, 0.25) is 0 Å². The lowest BCUT2D eigenvalue weighted by Crippen LogP contribution is -2.16. The first-order valence-electron chi connectivity index (χ1n) is 5.97. The Balaban J connectivity index is 2.35. The average Bonchev–Trinajstić information content (AvgIpc) is 2.71. The highest BCUT2D eigenvalue weighted by Crippen LogP contribution is 2.23. The average molecular weight is 296 g/mol. The lowest BCUT2D eigenvalue weighted by Gasteiger charge is -2.12. The van der Waals surface area contributed by atoms with Crippen LogP contribution in [-0.4, -0.2) is 50.4 Å². The molecule has 0 spiro atoms. The minimum atomic E-state index is -0.277. The van der Waals surface area contributed by atoms with E-state index in [0.717, 1.165) is 0 Å². The van der Waals surface area contributed by atoms with E-state index in [1.165, 1.54) is 16.3 Å². The monoisotopic (exact) mass is 296 g/mol. The van der Waals surface area contributed by atoms with Gasteiger partial charge in [-0.3, -0.25) is 4.57 Å². The van der Waals surface area contributed by atoms with Crippen molar-refractivity contribution in [1.82, 2.24) is 29.7 Å². The largest absolute Gasteiger partial charge is 0.354 e. The van der Waals surface area contributed by atoms with Crippen molar-refractivity contribution < 1.29 is 0 Å². The van der Waals surface area contributed by atoms with Gasteiger partial charge < -0.3 is 10.2 Å². The Labute approximate surface area is 119 Å². The maximum atomic E-state index is 11.3. The zero-order valence-corrected chi connectivity index (χ0v) is 12.5. The van der Waals surface area contributed by atoms with Crippen molar-refractivity contribution in [2.24, 2.45) is 7.05 Å². The van der Waals surface area contributed by atoms with E-state index >= 15 is 0 Å². The summed E-state index contributed by atoms with van der Waals surface area (Å²) in [6.07, 6.45) is 0. The van der Waals surface area contributed by atoms with Crippen LogP contribution in [0, 0.1) is 0 Å². The highest BCUT2D eigenvalue weighted by atomic mass is 32.2. The molecule has 2 rings (SSSR count). The normalized spacial score (nSPS) is 10.6. The van der Waals surface area contributed by atoms with Crippen molar-refractivity contribution in [3.63, 3.8) is 0 Å². The summed E-state index contributed by atoms with van der Waals surface area (Å²) in [7, 11) is 5.33. The van der Waals surface area contributed by atoms with Crippen molar-refractivity contribution >= 4 is 23.7 Å². The summed E-state index contributed by atoms with van der Waals surface area (Å²) in [6, 6.07) is 0. The molecule has 0 aromatic carbocycles. The molecule has 0 aliphatic carbocycles. The second-order valence-electron chi connectivity index (χ2n) is 4.14. The summed E-state index contributed by atoms with van der Waals surface area (Å²) in [5.74, 6) is 1.04. The second kappa shape index (κ2) is 5.90. The van der Waals surface area contributed by atoms with Crippen LogP contribution in [0.3, 0.4) is 0 Å². The first-order valence-corrected chi connectivity index (χ1v) is 6.79. The Morgan fingerprint density at radius 1 is 1.35 bits per heavy atom. The minimum Gasteiger partial charge on any atom is -0.354 e. The fourth-order valence-electron chi connectivity index (χ4n) is 1.33. The van der Waals surface area contributed by atoms with E-state index in [1.807, 2.05) is 21.0 Å². The Bertz CT molecular complexity index is 649. The van der Waals surface area contributed by atoms with Crippen molar-refractivity contribution in [1.29, 1.82) is 0 Å². The van der Waals surface area contributed by atoms with Crippen molar-refractivity contribution in [2.45, 2.75) is 17.2 Å². The summed E-state index contributed by atoms with van der Waals surface area (Å²) < 4.78 is 1.40. The van der Waals surface area contributed by atoms with Crippen LogP contribution >= 0.6 is 11.8 Å². The third-order valence-corrected chi connectivity index (χ3v) is 3.27. The molecular formula is C10H16N8OS. The number of aromatic nitrogens is 6. The quantitative estimate of drug-likeness (QED) is 0.791. The number of H-pyrrole nitrogens is 1. The number of hydrogen-bond donors (Lipinski definition) is 2. The summed E-state index contributed by atoms with van der Waals surface area (Å²) in [5.41, 5.74) is -0.277. The fourth-order valence-corrected chi connectivity index (χ4v) is 2.07. The van der Waals surface area contributed by atoms with Crippen LogP contribution in [0.5, 0.6) is 0 Å². The van der Waals surface area contributed by atoms with Crippen LogP contribution in [0.4, 0.5) is 11.9 Å². The number of nitrogens with zero attached hydrogens (tertiary/aromatic N) is 6. The van der Waals surface area contributed by atoms with E-state index < -0.39 is 0 Å². The van der Waals surface area contributed by atoms with Crippen LogP contribution in [0.25, 0.3) is 0 Å². The zero-order valence-electron chi connectivity index (χ0n) is 11.7. The molecule has 0 saturated carbocycles. The highest BCUT2D eigenvalue weighted by Gasteiger charge is 2.12. The van der Waals surface area contributed by atoms with Gasteiger partial charge in [0.25, 0.3) is 0 Å². The molecule has 108 valence electrons. The number of anilines is 2. The molecule has 2 heterocycles. The topological polar surface area (TPSA) is 105 Å². The molecule has 10 heteroatoms. The number of aromatic amines is 1. The first kappa shape index (κ1) is 14.3. The fraction of sp³-hybridized carbons (Fsp3) is 0.500. The van der Waals surface area contributed by atoms with Gasteiger partial charge in [-0.05, 0) is 18.7 Å². The molecule has 2 aromatic heterocycles. The predicted octanol–water partition coefficient (Wildman–Crippen LogP) is -0.0576. The summed E-state index contributed by atoms with van der Waals surface area (Å²) in [4.78, 5) is 26.0. The van der Waals surface area contributed by atoms with Gasteiger partial charge in [-0.15, -0.1) is 5.10 Å². The molecule has 0 atom stereocenters. The number of rotatable bonds is 5. The van der Waals surface area contributed by atoms with E-state index in [2.05, 4.69) is 30.5 Å². The second-order valence-corrected chi connectivity index (χ2v) is 5.07. The summed E-state index contributed by atoms with van der Waals surface area (Å²) in [6.45, 7) is 2.67. The Hall–Kier alpha value is -2.10. The smallest absolute Gasteiger partial charge is 0.343 e. The minimum absolute atomic E-state index is 0.277. The van der Waals surface area contributed by atoms with Crippen molar-refractivity contribution in [3.05, 3.63) is 10.5 Å². The van der Waals surface area contributed by atoms with E-state index in [0.29, 0.717) is 28.8 Å². The molecule has 0 fully saturated rings. The predicted molar refractivity (Wildman–Crippen MR) is 76.3 cm³/mol. The third-order valence-electron chi connectivity index (χ3n) is 2.36. The molecule has 0 radical (unpaired) electrons. The van der Waals surface area contributed by atoms with E-state index in [4.69, 9.17) is 0 Å². The maximum Gasteiger partial charge on any atom is 0.343 e. The molecule has 2 aromatic rings. The van der Waals surface area contributed by atoms with Crippen LogP contribution in [-0.2, 0) is 7.05 Å². The van der Waals surface area contributed by atoms with E-state index in [9.17, 15) is 4.79 Å². The lowest BCUT2D eigenvalue weighted by atomic mass is 10.7. The molecule has 0 unspecified atom stereocenters. The van der Waals surface area contributed by atoms with Gasteiger partial charge in [0.1, 0.15) is 0 Å². The lowest BCUT2D eigenvalue weighted by molar-refractivity contribution is 0.760. The molecular weight excluding hydrogens is 280 g/mol. The molecule has 2 N–H and O–H groups in total.